The highest BCUT2D eigenvalue weighted by Gasteiger charge is 2.03. The van der Waals surface area contributed by atoms with E-state index in [1.54, 1.807) is 6.20 Å². The van der Waals surface area contributed by atoms with E-state index in [-0.39, 0.29) is 5.84 Å². The maximum Gasteiger partial charge on any atom is 0.143 e. The molecule has 0 aliphatic carbocycles. The summed E-state index contributed by atoms with van der Waals surface area (Å²) in [6, 6.07) is 0.334. The number of hydrogen-bond acceptors (Lipinski definition) is 3. The molecule has 0 unspecified atom stereocenters. The molecule has 0 saturated heterocycles. The Balaban J connectivity index is 2.69. The molecule has 0 atom stereocenters. The first-order valence-electron chi connectivity index (χ1n) is 4.13. The van der Waals surface area contributed by atoms with E-state index in [0.29, 0.717) is 12.5 Å². The van der Waals surface area contributed by atoms with Crippen LogP contribution in [0.1, 0.15) is 25.5 Å². The molecule has 1 aromatic heterocycles. The van der Waals surface area contributed by atoms with Crippen molar-refractivity contribution in [2.24, 2.45) is 10.9 Å². The monoisotopic (exact) mass is 182 g/mol. The molecule has 1 rings (SSSR count). The second-order valence-electron chi connectivity index (χ2n) is 3.19. The van der Waals surface area contributed by atoms with Crippen LogP contribution in [0, 0.1) is 0 Å². The zero-order valence-corrected chi connectivity index (χ0v) is 7.81. The molecule has 0 amide bonds. The quantitative estimate of drug-likeness (QED) is 0.313. The molecular weight excluding hydrogens is 168 g/mol. The summed E-state index contributed by atoms with van der Waals surface area (Å²) in [6.07, 6.45) is 4.05. The summed E-state index contributed by atoms with van der Waals surface area (Å²) >= 11 is 0. The topological polar surface area (TPSA) is 76.4 Å². The van der Waals surface area contributed by atoms with Crippen molar-refractivity contribution in [3.8, 4) is 0 Å². The first kappa shape index (κ1) is 9.57. The first-order valence-corrected chi connectivity index (χ1v) is 4.13. The fourth-order valence-corrected chi connectivity index (χ4v) is 0.996. The van der Waals surface area contributed by atoms with Gasteiger partial charge in [0.2, 0.25) is 0 Å². The molecule has 13 heavy (non-hydrogen) atoms. The van der Waals surface area contributed by atoms with E-state index in [0.717, 1.165) is 5.56 Å². The average molecular weight is 182 g/mol. The Morgan fingerprint density at radius 2 is 2.46 bits per heavy atom. The number of nitrogens with two attached hydrogens (primary N) is 1. The molecule has 0 bridgehead atoms. The summed E-state index contributed by atoms with van der Waals surface area (Å²) < 4.78 is 1.83. The fourth-order valence-electron chi connectivity index (χ4n) is 0.996. The van der Waals surface area contributed by atoms with Gasteiger partial charge in [-0.3, -0.25) is 4.68 Å². The Bertz CT molecular complexity index is 303. The largest absolute Gasteiger partial charge is 0.409 e. The van der Waals surface area contributed by atoms with Gasteiger partial charge in [-0.05, 0) is 19.4 Å². The van der Waals surface area contributed by atoms with E-state index in [1.165, 1.54) is 0 Å². The Hall–Kier alpha value is -1.52. The SMILES string of the molecule is CC(C)n1cc(C/C(N)=N/O)cn1. The van der Waals surface area contributed by atoms with Gasteiger partial charge in [-0.1, -0.05) is 5.16 Å². The summed E-state index contributed by atoms with van der Waals surface area (Å²) in [7, 11) is 0. The van der Waals surface area contributed by atoms with Crippen LogP contribution in [0.3, 0.4) is 0 Å². The van der Waals surface area contributed by atoms with Crippen LogP contribution in [-0.2, 0) is 6.42 Å². The van der Waals surface area contributed by atoms with Crippen molar-refractivity contribution in [1.82, 2.24) is 9.78 Å². The van der Waals surface area contributed by atoms with Gasteiger partial charge in [0.15, 0.2) is 0 Å². The third kappa shape index (κ3) is 2.47. The third-order valence-electron chi connectivity index (χ3n) is 1.70. The lowest BCUT2D eigenvalue weighted by molar-refractivity contribution is 0.317. The lowest BCUT2D eigenvalue weighted by atomic mass is 10.2. The van der Waals surface area contributed by atoms with Crippen LogP contribution in [0.4, 0.5) is 0 Å². The summed E-state index contributed by atoms with van der Waals surface area (Å²) in [6.45, 7) is 4.08. The molecule has 5 nitrogen and oxygen atoms in total. The fraction of sp³-hybridized carbons (Fsp3) is 0.500. The van der Waals surface area contributed by atoms with E-state index in [2.05, 4.69) is 10.3 Å². The first-order chi connectivity index (χ1) is 6.13. The standard InChI is InChI=1S/C8H14N4O/c1-6(2)12-5-7(4-10-12)3-8(9)11-13/h4-6,13H,3H2,1-2H3,(H2,9,11). The Morgan fingerprint density at radius 1 is 1.77 bits per heavy atom. The normalized spacial score (nSPS) is 12.4. The lowest BCUT2D eigenvalue weighted by Crippen LogP contribution is -2.14. The number of hydrogen-bond donors (Lipinski definition) is 2. The van der Waals surface area contributed by atoms with Crippen LogP contribution in [-0.4, -0.2) is 20.8 Å². The number of amidine groups is 1. The maximum atomic E-state index is 8.35. The van der Waals surface area contributed by atoms with Gasteiger partial charge in [0.25, 0.3) is 0 Å². The van der Waals surface area contributed by atoms with Crippen molar-refractivity contribution < 1.29 is 5.21 Å². The van der Waals surface area contributed by atoms with Crippen molar-refractivity contribution in [3.05, 3.63) is 18.0 Å². The number of nitrogens with zero attached hydrogens (tertiary/aromatic N) is 3. The second kappa shape index (κ2) is 3.93. The zero-order valence-electron chi connectivity index (χ0n) is 7.81. The van der Waals surface area contributed by atoms with Gasteiger partial charge in [0.1, 0.15) is 5.84 Å². The average Bonchev–Trinajstić information content (AvgIpc) is 2.52. The molecule has 72 valence electrons. The van der Waals surface area contributed by atoms with Gasteiger partial charge < -0.3 is 10.9 Å². The highest BCUT2D eigenvalue weighted by Crippen LogP contribution is 2.05. The molecule has 0 spiro atoms. The van der Waals surface area contributed by atoms with Crippen LogP contribution in [0.2, 0.25) is 0 Å². The molecule has 0 aromatic carbocycles. The minimum Gasteiger partial charge on any atom is -0.409 e. The lowest BCUT2D eigenvalue weighted by Gasteiger charge is -2.02. The van der Waals surface area contributed by atoms with E-state index in [9.17, 15) is 0 Å². The zero-order chi connectivity index (χ0) is 9.84. The van der Waals surface area contributed by atoms with Crippen molar-refractivity contribution in [1.29, 1.82) is 0 Å². The molecule has 5 heteroatoms. The van der Waals surface area contributed by atoms with Crippen LogP contribution < -0.4 is 5.73 Å². The molecule has 0 aliphatic heterocycles. The van der Waals surface area contributed by atoms with Gasteiger partial charge in [-0.25, -0.2) is 0 Å². The molecule has 0 saturated carbocycles. The highest BCUT2D eigenvalue weighted by atomic mass is 16.4. The van der Waals surface area contributed by atoms with Gasteiger partial charge in [-0.15, -0.1) is 0 Å². The van der Waals surface area contributed by atoms with Gasteiger partial charge in [0, 0.05) is 18.7 Å². The highest BCUT2D eigenvalue weighted by molar-refractivity contribution is 5.81. The number of aromatic nitrogens is 2. The van der Waals surface area contributed by atoms with E-state index in [1.807, 2.05) is 24.7 Å². The summed E-state index contributed by atoms with van der Waals surface area (Å²) in [5.74, 6) is 0.198. The van der Waals surface area contributed by atoms with Crippen molar-refractivity contribution in [2.75, 3.05) is 0 Å². The van der Waals surface area contributed by atoms with E-state index >= 15 is 0 Å². The molecule has 1 aromatic rings. The smallest absolute Gasteiger partial charge is 0.143 e. The Morgan fingerprint density at radius 3 is 2.92 bits per heavy atom. The van der Waals surface area contributed by atoms with Crippen LogP contribution in [0.5, 0.6) is 0 Å². The summed E-state index contributed by atoms with van der Waals surface area (Å²) in [4.78, 5) is 0. The predicted molar refractivity (Wildman–Crippen MR) is 49.7 cm³/mol. The van der Waals surface area contributed by atoms with Crippen LogP contribution >= 0.6 is 0 Å². The molecule has 0 fully saturated rings. The van der Waals surface area contributed by atoms with E-state index < -0.39 is 0 Å². The molecule has 3 N–H and O–H groups in total. The predicted octanol–water partition coefficient (Wildman–Crippen LogP) is 0.753. The minimum absolute atomic E-state index is 0.198. The molecule has 0 aliphatic rings. The third-order valence-corrected chi connectivity index (χ3v) is 1.70. The van der Waals surface area contributed by atoms with Gasteiger partial charge in [0.05, 0.1) is 6.20 Å². The van der Waals surface area contributed by atoms with Gasteiger partial charge in [-0.2, -0.15) is 5.10 Å². The van der Waals surface area contributed by atoms with E-state index in [4.69, 9.17) is 10.9 Å². The minimum atomic E-state index is 0.198. The van der Waals surface area contributed by atoms with Crippen LogP contribution in [0.25, 0.3) is 0 Å². The molecular formula is C8H14N4O. The summed E-state index contributed by atoms with van der Waals surface area (Å²) in [5.41, 5.74) is 6.30. The summed E-state index contributed by atoms with van der Waals surface area (Å²) in [5, 5.41) is 15.4. The van der Waals surface area contributed by atoms with Gasteiger partial charge >= 0.3 is 0 Å². The number of oxime groups is 1. The molecule has 0 radical (unpaired) electrons. The second-order valence-corrected chi connectivity index (χ2v) is 3.19. The Labute approximate surface area is 76.8 Å². The maximum absolute atomic E-state index is 8.35. The van der Waals surface area contributed by atoms with Crippen LogP contribution in [0.15, 0.2) is 17.5 Å². The van der Waals surface area contributed by atoms with Crippen molar-refractivity contribution in [2.45, 2.75) is 26.3 Å². The Kier molecular flexibility index (Phi) is 2.89. The number of rotatable bonds is 3. The molecule has 1 heterocycles. The van der Waals surface area contributed by atoms with Crippen molar-refractivity contribution >= 4 is 5.84 Å². The van der Waals surface area contributed by atoms with Crippen molar-refractivity contribution in [3.63, 3.8) is 0 Å².